The lowest BCUT2D eigenvalue weighted by atomic mass is 10.4. The SMILES string of the molecule is O=C1CCN(S(=O)(=O)c2ccccc2Br)CCN1. The fourth-order valence-electron chi connectivity index (χ4n) is 1.78. The predicted molar refractivity (Wildman–Crippen MR) is 70.5 cm³/mol. The van der Waals surface area contributed by atoms with Gasteiger partial charge in [-0.2, -0.15) is 4.31 Å². The van der Waals surface area contributed by atoms with Crippen molar-refractivity contribution in [2.75, 3.05) is 19.6 Å². The van der Waals surface area contributed by atoms with Gasteiger partial charge in [0.15, 0.2) is 0 Å². The molecule has 1 N–H and O–H groups in total. The molecule has 0 bridgehead atoms. The van der Waals surface area contributed by atoms with Crippen LogP contribution in [0.3, 0.4) is 0 Å². The third-order valence-electron chi connectivity index (χ3n) is 2.73. The summed E-state index contributed by atoms with van der Waals surface area (Å²) in [5.41, 5.74) is 0. The van der Waals surface area contributed by atoms with Crippen molar-refractivity contribution in [2.24, 2.45) is 0 Å². The second kappa shape index (κ2) is 5.38. The van der Waals surface area contributed by atoms with Crippen molar-refractivity contribution in [1.29, 1.82) is 0 Å². The van der Waals surface area contributed by atoms with E-state index in [9.17, 15) is 13.2 Å². The molecule has 7 heteroatoms. The summed E-state index contributed by atoms with van der Waals surface area (Å²) in [6.07, 6.45) is 0.198. The molecule has 0 atom stereocenters. The Balaban J connectivity index is 2.31. The zero-order valence-electron chi connectivity index (χ0n) is 9.60. The lowest BCUT2D eigenvalue weighted by Gasteiger charge is -2.19. The Morgan fingerprint density at radius 3 is 2.67 bits per heavy atom. The van der Waals surface area contributed by atoms with E-state index in [2.05, 4.69) is 21.2 Å². The summed E-state index contributed by atoms with van der Waals surface area (Å²) < 4.78 is 26.7. The number of rotatable bonds is 2. The number of carbonyl (C=O) groups is 1. The van der Waals surface area contributed by atoms with Crippen molar-refractivity contribution in [3.05, 3.63) is 28.7 Å². The van der Waals surface area contributed by atoms with Crippen LogP contribution in [0.2, 0.25) is 0 Å². The number of nitrogens with zero attached hydrogens (tertiary/aromatic N) is 1. The van der Waals surface area contributed by atoms with E-state index in [1.54, 1.807) is 24.3 Å². The molecule has 1 aliphatic rings. The first-order valence-electron chi connectivity index (χ1n) is 5.53. The molecular formula is C11H13BrN2O3S. The molecule has 0 aromatic heterocycles. The van der Waals surface area contributed by atoms with Crippen LogP contribution in [0.4, 0.5) is 0 Å². The first-order valence-corrected chi connectivity index (χ1v) is 7.76. The molecule has 0 radical (unpaired) electrons. The van der Waals surface area contributed by atoms with E-state index < -0.39 is 10.0 Å². The van der Waals surface area contributed by atoms with Crippen molar-refractivity contribution in [3.63, 3.8) is 0 Å². The molecule has 1 amide bonds. The van der Waals surface area contributed by atoms with Gasteiger partial charge in [-0.05, 0) is 28.1 Å². The molecule has 5 nitrogen and oxygen atoms in total. The Morgan fingerprint density at radius 2 is 1.94 bits per heavy atom. The van der Waals surface area contributed by atoms with Gasteiger partial charge in [0, 0.05) is 30.5 Å². The molecule has 18 heavy (non-hydrogen) atoms. The fraction of sp³-hybridized carbons (Fsp3) is 0.364. The number of benzene rings is 1. The van der Waals surface area contributed by atoms with Gasteiger partial charge < -0.3 is 5.32 Å². The summed E-state index contributed by atoms with van der Waals surface area (Å²) in [7, 11) is -3.55. The summed E-state index contributed by atoms with van der Waals surface area (Å²) in [6.45, 7) is 0.868. The van der Waals surface area contributed by atoms with Crippen LogP contribution in [-0.4, -0.2) is 38.3 Å². The van der Waals surface area contributed by atoms with Crippen molar-refractivity contribution in [3.8, 4) is 0 Å². The molecule has 2 rings (SSSR count). The van der Waals surface area contributed by atoms with E-state index in [-0.39, 0.29) is 23.8 Å². The number of amides is 1. The van der Waals surface area contributed by atoms with Gasteiger partial charge in [-0.25, -0.2) is 8.42 Å². The quantitative estimate of drug-likeness (QED) is 0.877. The van der Waals surface area contributed by atoms with Gasteiger partial charge in [-0.3, -0.25) is 4.79 Å². The minimum atomic E-state index is -3.55. The Hall–Kier alpha value is -0.920. The van der Waals surface area contributed by atoms with Crippen molar-refractivity contribution in [1.82, 2.24) is 9.62 Å². The van der Waals surface area contributed by atoms with Gasteiger partial charge in [0.25, 0.3) is 0 Å². The average Bonchev–Trinajstić information content (AvgIpc) is 2.54. The summed E-state index contributed by atoms with van der Waals surface area (Å²) in [4.78, 5) is 11.5. The van der Waals surface area contributed by atoms with Gasteiger partial charge in [-0.1, -0.05) is 12.1 Å². The maximum absolute atomic E-state index is 12.4. The van der Waals surface area contributed by atoms with Gasteiger partial charge in [0.2, 0.25) is 15.9 Å². The van der Waals surface area contributed by atoms with Crippen LogP contribution in [0.1, 0.15) is 6.42 Å². The maximum Gasteiger partial charge on any atom is 0.244 e. The normalized spacial score (nSPS) is 18.2. The first kappa shape index (κ1) is 13.5. The highest BCUT2D eigenvalue weighted by Crippen LogP contribution is 2.24. The van der Waals surface area contributed by atoms with Crippen LogP contribution in [0.25, 0.3) is 0 Å². The van der Waals surface area contributed by atoms with E-state index in [0.717, 1.165) is 0 Å². The molecule has 1 aromatic carbocycles. The minimum Gasteiger partial charge on any atom is -0.355 e. The molecule has 0 spiro atoms. The zero-order valence-corrected chi connectivity index (χ0v) is 12.0. The molecular weight excluding hydrogens is 320 g/mol. The van der Waals surface area contributed by atoms with Gasteiger partial charge >= 0.3 is 0 Å². The number of hydrogen-bond acceptors (Lipinski definition) is 3. The second-order valence-electron chi connectivity index (χ2n) is 3.93. The van der Waals surface area contributed by atoms with Crippen LogP contribution in [-0.2, 0) is 14.8 Å². The van der Waals surface area contributed by atoms with Crippen molar-refractivity contribution < 1.29 is 13.2 Å². The van der Waals surface area contributed by atoms with Crippen LogP contribution < -0.4 is 5.32 Å². The third kappa shape index (κ3) is 2.73. The smallest absolute Gasteiger partial charge is 0.244 e. The fourth-order valence-corrected chi connectivity index (χ4v) is 4.18. The van der Waals surface area contributed by atoms with Crippen LogP contribution in [0.5, 0.6) is 0 Å². The minimum absolute atomic E-state index is 0.111. The molecule has 0 aliphatic carbocycles. The predicted octanol–water partition coefficient (Wildman–Crippen LogP) is 0.960. The molecule has 98 valence electrons. The highest BCUT2D eigenvalue weighted by molar-refractivity contribution is 9.10. The van der Waals surface area contributed by atoms with E-state index in [4.69, 9.17) is 0 Å². The third-order valence-corrected chi connectivity index (χ3v) is 5.64. The standard InChI is InChI=1S/C11H13BrN2O3S/c12-9-3-1-2-4-10(9)18(16,17)14-7-5-11(15)13-6-8-14/h1-4H,5-8H2,(H,13,15). The Kier molecular flexibility index (Phi) is 4.04. The molecule has 1 fully saturated rings. The summed E-state index contributed by atoms with van der Waals surface area (Å²) in [6, 6.07) is 6.68. The van der Waals surface area contributed by atoms with Crippen molar-refractivity contribution in [2.45, 2.75) is 11.3 Å². The van der Waals surface area contributed by atoms with Crippen LogP contribution >= 0.6 is 15.9 Å². The molecule has 1 aromatic rings. The van der Waals surface area contributed by atoms with Crippen molar-refractivity contribution >= 4 is 31.9 Å². The van der Waals surface area contributed by atoms with Gasteiger partial charge in [-0.15, -0.1) is 0 Å². The van der Waals surface area contributed by atoms with E-state index in [0.29, 0.717) is 17.6 Å². The lowest BCUT2D eigenvalue weighted by molar-refractivity contribution is -0.120. The van der Waals surface area contributed by atoms with E-state index in [1.165, 1.54) is 4.31 Å². The number of nitrogens with one attached hydrogen (secondary N) is 1. The molecule has 1 saturated heterocycles. The van der Waals surface area contributed by atoms with Gasteiger partial charge in [0.1, 0.15) is 0 Å². The number of hydrogen-bond donors (Lipinski definition) is 1. The average molecular weight is 333 g/mol. The summed E-state index contributed by atoms with van der Waals surface area (Å²) >= 11 is 3.24. The second-order valence-corrected chi connectivity index (χ2v) is 6.70. The molecule has 1 aliphatic heterocycles. The zero-order chi connectivity index (χ0) is 13.2. The molecule has 0 saturated carbocycles. The number of carbonyl (C=O) groups excluding carboxylic acids is 1. The largest absolute Gasteiger partial charge is 0.355 e. The van der Waals surface area contributed by atoms with Crippen LogP contribution in [0, 0.1) is 0 Å². The monoisotopic (exact) mass is 332 g/mol. The topological polar surface area (TPSA) is 66.5 Å². The first-order chi connectivity index (χ1) is 8.51. The molecule has 1 heterocycles. The maximum atomic E-state index is 12.4. The summed E-state index contributed by atoms with van der Waals surface area (Å²) in [5.74, 6) is -0.111. The van der Waals surface area contributed by atoms with Crippen LogP contribution in [0.15, 0.2) is 33.6 Å². The Morgan fingerprint density at radius 1 is 1.22 bits per heavy atom. The number of sulfonamides is 1. The van der Waals surface area contributed by atoms with Gasteiger partial charge in [0.05, 0.1) is 4.90 Å². The Labute approximate surface area is 114 Å². The summed E-state index contributed by atoms with van der Waals surface area (Å²) in [5, 5.41) is 2.66. The lowest BCUT2D eigenvalue weighted by Crippen LogP contribution is -2.34. The van der Waals surface area contributed by atoms with E-state index >= 15 is 0 Å². The molecule has 0 unspecified atom stereocenters. The van der Waals surface area contributed by atoms with E-state index in [1.807, 2.05) is 0 Å². The highest BCUT2D eigenvalue weighted by atomic mass is 79.9. The Bertz CT molecular complexity index is 559. The highest BCUT2D eigenvalue weighted by Gasteiger charge is 2.28. The number of halogens is 1.